The first-order chi connectivity index (χ1) is 6.08. The molecule has 0 atom stereocenters. The molecule has 0 saturated carbocycles. The van der Waals surface area contributed by atoms with E-state index in [2.05, 4.69) is 0 Å². The molecule has 74 valence electrons. The Morgan fingerprint density at radius 1 is 1.38 bits per heavy atom. The zero-order chi connectivity index (χ0) is 9.73. The van der Waals surface area contributed by atoms with E-state index in [1.807, 2.05) is 16.8 Å². The summed E-state index contributed by atoms with van der Waals surface area (Å²) in [6.45, 7) is 0. The summed E-state index contributed by atoms with van der Waals surface area (Å²) in [5.74, 6) is -0.128. The Morgan fingerprint density at radius 3 is 2.69 bits per heavy atom. The molecule has 0 amide bonds. The third-order valence-electron chi connectivity index (χ3n) is 1.70. The van der Waals surface area contributed by atoms with Gasteiger partial charge in [-0.25, -0.2) is 0 Å². The Morgan fingerprint density at radius 2 is 2.15 bits per heavy atom. The molecule has 0 saturated heterocycles. The summed E-state index contributed by atoms with van der Waals surface area (Å²) in [5.41, 5.74) is 1.24. The fraction of sp³-hybridized carbons (Fsp3) is 0.500. The lowest BCUT2D eigenvalue weighted by molar-refractivity contribution is 0.480. The fourth-order valence-corrected chi connectivity index (χ4v) is 2.32. The van der Waals surface area contributed by atoms with Gasteiger partial charge in [-0.15, -0.1) is 0 Å². The molecule has 1 heterocycles. The van der Waals surface area contributed by atoms with Crippen LogP contribution in [0.4, 0.5) is 0 Å². The first-order valence-corrected chi connectivity index (χ1v) is 6.59. The molecule has 1 rings (SSSR count). The van der Waals surface area contributed by atoms with Crippen LogP contribution in [-0.4, -0.2) is 18.7 Å². The van der Waals surface area contributed by atoms with E-state index >= 15 is 0 Å². The first-order valence-electron chi connectivity index (χ1n) is 4.04. The maximum absolute atomic E-state index is 10.4. The number of thiophene rings is 1. The second kappa shape index (κ2) is 4.74. The van der Waals surface area contributed by atoms with Crippen LogP contribution in [0.3, 0.4) is 0 Å². The predicted molar refractivity (Wildman–Crippen MR) is 53.7 cm³/mol. The Balaban J connectivity index is 2.16. The summed E-state index contributed by atoms with van der Waals surface area (Å²) in [6, 6.07) is 2.03. The molecule has 0 spiro atoms. The Hall–Kier alpha value is -0.390. The highest BCUT2D eigenvalue weighted by Gasteiger charge is 2.03. The van der Waals surface area contributed by atoms with Crippen molar-refractivity contribution in [2.45, 2.75) is 19.3 Å². The third-order valence-corrected chi connectivity index (χ3v) is 3.23. The van der Waals surface area contributed by atoms with Gasteiger partial charge in [0.05, 0.1) is 5.75 Å². The molecular weight excluding hydrogens is 208 g/mol. The first kappa shape index (κ1) is 10.7. The summed E-state index contributed by atoms with van der Waals surface area (Å²) in [4.78, 5) is 0. The average molecular weight is 220 g/mol. The quantitative estimate of drug-likeness (QED) is 0.609. The van der Waals surface area contributed by atoms with Gasteiger partial charge in [-0.1, -0.05) is 0 Å². The minimum absolute atomic E-state index is 0.128. The Bertz CT molecular complexity index is 326. The highest BCUT2D eigenvalue weighted by atomic mass is 32.2. The second-order valence-electron chi connectivity index (χ2n) is 2.87. The molecule has 0 radical (unpaired) electrons. The number of aryl methyl sites for hydroxylation is 1. The fourth-order valence-electron chi connectivity index (χ4n) is 1.05. The van der Waals surface area contributed by atoms with E-state index in [0.717, 1.165) is 12.8 Å². The molecule has 1 aromatic heterocycles. The number of hydrogen-bond acceptors (Lipinski definition) is 3. The monoisotopic (exact) mass is 220 g/mol. The summed E-state index contributed by atoms with van der Waals surface area (Å²) in [7, 11) is -3.76. The smallest absolute Gasteiger partial charge is 0.264 e. The van der Waals surface area contributed by atoms with Crippen molar-refractivity contribution >= 4 is 21.5 Å². The van der Waals surface area contributed by atoms with Crippen LogP contribution in [0.25, 0.3) is 0 Å². The normalized spacial score (nSPS) is 11.8. The molecule has 0 aliphatic heterocycles. The Kier molecular flexibility index (Phi) is 3.90. The van der Waals surface area contributed by atoms with Gasteiger partial charge in [-0.3, -0.25) is 4.55 Å². The van der Waals surface area contributed by atoms with Crippen LogP contribution in [0.1, 0.15) is 18.4 Å². The molecular formula is C8H12O3S2. The molecule has 3 nitrogen and oxygen atoms in total. The number of unbranched alkanes of at least 4 members (excludes halogenated alkanes) is 1. The predicted octanol–water partition coefficient (Wildman–Crippen LogP) is 1.96. The van der Waals surface area contributed by atoms with Crippen molar-refractivity contribution in [3.05, 3.63) is 22.4 Å². The van der Waals surface area contributed by atoms with Crippen LogP contribution in [0.15, 0.2) is 16.8 Å². The Labute approximate surface area is 82.2 Å². The molecule has 0 aliphatic rings. The van der Waals surface area contributed by atoms with Crippen molar-refractivity contribution in [2.24, 2.45) is 0 Å². The van der Waals surface area contributed by atoms with Crippen LogP contribution < -0.4 is 0 Å². The standard InChI is InChI=1S/C8H12O3S2/c9-13(10,11)6-2-1-3-8-4-5-12-7-8/h4-5,7H,1-3,6H2,(H,9,10,11). The second-order valence-corrected chi connectivity index (χ2v) is 5.23. The van der Waals surface area contributed by atoms with E-state index in [9.17, 15) is 8.42 Å². The van der Waals surface area contributed by atoms with Crippen molar-refractivity contribution in [3.8, 4) is 0 Å². The van der Waals surface area contributed by atoms with Crippen molar-refractivity contribution < 1.29 is 13.0 Å². The SMILES string of the molecule is O=S(=O)(O)CCCCc1ccsc1. The topological polar surface area (TPSA) is 54.4 Å². The maximum atomic E-state index is 10.4. The van der Waals surface area contributed by atoms with E-state index < -0.39 is 10.1 Å². The average Bonchev–Trinajstić information content (AvgIpc) is 2.48. The van der Waals surface area contributed by atoms with Gasteiger partial charge in [0.25, 0.3) is 10.1 Å². The molecule has 0 bridgehead atoms. The molecule has 0 unspecified atom stereocenters. The highest BCUT2D eigenvalue weighted by Crippen LogP contribution is 2.09. The van der Waals surface area contributed by atoms with Crippen LogP contribution in [-0.2, 0) is 16.5 Å². The van der Waals surface area contributed by atoms with Crippen LogP contribution in [0.2, 0.25) is 0 Å². The lowest BCUT2D eigenvalue weighted by Gasteiger charge is -1.96. The maximum Gasteiger partial charge on any atom is 0.264 e. The van der Waals surface area contributed by atoms with Gasteiger partial charge < -0.3 is 0 Å². The molecule has 0 fully saturated rings. The third kappa shape index (κ3) is 5.02. The van der Waals surface area contributed by atoms with E-state index in [-0.39, 0.29) is 5.75 Å². The molecule has 1 N–H and O–H groups in total. The lowest BCUT2D eigenvalue weighted by Crippen LogP contribution is -2.03. The lowest BCUT2D eigenvalue weighted by atomic mass is 10.2. The van der Waals surface area contributed by atoms with Gasteiger partial charge >= 0.3 is 0 Å². The zero-order valence-corrected chi connectivity index (χ0v) is 8.77. The van der Waals surface area contributed by atoms with Crippen LogP contribution in [0.5, 0.6) is 0 Å². The van der Waals surface area contributed by atoms with Gasteiger partial charge in [-0.2, -0.15) is 19.8 Å². The van der Waals surface area contributed by atoms with E-state index in [1.165, 1.54) is 5.56 Å². The van der Waals surface area contributed by atoms with Gasteiger partial charge in [0.15, 0.2) is 0 Å². The van der Waals surface area contributed by atoms with Gasteiger partial charge in [0.2, 0.25) is 0 Å². The molecule has 13 heavy (non-hydrogen) atoms. The van der Waals surface area contributed by atoms with E-state index in [1.54, 1.807) is 11.3 Å². The van der Waals surface area contributed by atoms with Crippen molar-refractivity contribution in [1.82, 2.24) is 0 Å². The van der Waals surface area contributed by atoms with Crippen molar-refractivity contribution in [3.63, 3.8) is 0 Å². The van der Waals surface area contributed by atoms with E-state index in [4.69, 9.17) is 4.55 Å². The zero-order valence-electron chi connectivity index (χ0n) is 7.14. The van der Waals surface area contributed by atoms with Gasteiger partial charge in [-0.05, 0) is 41.7 Å². The minimum atomic E-state index is -3.76. The summed E-state index contributed by atoms with van der Waals surface area (Å²) < 4.78 is 29.1. The molecule has 5 heteroatoms. The largest absolute Gasteiger partial charge is 0.286 e. The van der Waals surface area contributed by atoms with Crippen molar-refractivity contribution in [2.75, 3.05) is 5.75 Å². The summed E-state index contributed by atoms with van der Waals surface area (Å²) in [6.07, 6.45) is 2.21. The summed E-state index contributed by atoms with van der Waals surface area (Å²) >= 11 is 1.64. The minimum Gasteiger partial charge on any atom is -0.286 e. The molecule has 0 aromatic carbocycles. The van der Waals surface area contributed by atoms with Gasteiger partial charge in [0.1, 0.15) is 0 Å². The summed E-state index contributed by atoms with van der Waals surface area (Å²) in [5, 5.41) is 4.05. The number of rotatable bonds is 5. The highest BCUT2D eigenvalue weighted by molar-refractivity contribution is 7.85. The number of hydrogen-bond donors (Lipinski definition) is 1. The molecule has 0 aliphatic carbocycles. The van der Waals surface area contributed by atoms with E-state index in [0.29, 0.717) is 6.42 Å². The molecule has 1 aromatic rings. The van der Waals surface area contributed by atoms with Crippen LogP contribution >= 0.6 is 11.3 Å². The van der Waals surface area contributed by atoms with Crippen molar-refractivity contribution in [1.29, 1.82) is 0 Å². The van der Waals surface area contributed by atoms with Crippen LogP contribution in [0, 0.1) is 0 Å². The van der Waals surface area contributed by atoms with Gasteiger partial charge in [0, 0.05) is 0 Å².